The number of rotatable bonds is 19. The van der Waals surface area contributed by atoms with E-state index in [-0.39, 0.29) is 41.8 Å². The molecule has 50 heavy (non-hydrogen) atoms. The van der Waals surface area contributed by atoms with E-state index in [1.807, 2.05) is 12.1 Å². The predicted molar refractivity (Wildman–Crippen MR) is 196 cm³/mol. The highest BCUT2D eigenvalue weighted by molar-refractivity contribution is 7.88. The van der Waals surface area contributed by atoms with E-state index in [4.69, 9.17) is 11.1 Å². The molecule has 12 heteroatoms. The average molecular weight is 709 g/mol. The third-order valence-electron chi connectivity index (χ3n) is 9.86. The number of nitrogen functional groups attached to an aromatic ring is 1. The number of amidine groups is 1. The van der Waals surface area contributed by atoms with E-state index in [0.29, 0.717) is 49.9 Å². The first-order valence-corrected chi connectivity index (χ1v) is 20.1. The molecule has 3 amide bonds. The number of nitrogens with zero attached hydrogens (tertiary/aromatic N) is 1. The van der Waals surface area contributed by atoms with Crippen molar-refractivity contribution >= 4 is 33.6 Å². The molecule has 6 N–H and O–H groups in total. The normalized spacial score (nSPS) is 17.3. The van der Waals surface area contributed by atoms with Crippen molar-refractivity contribution in [1.82, 2.24) is 20.3 Å². The highest BCUT2D eigenvalue weighted by Gasteiger charge is 2.39. The van der Waals surface area contributed by atoms with Crippen LogP contribution in [0.25, 0.3) is 0 Å². The van der Waals surface area contributed by atoms with Crippen molar-refractivity contribution in [2.45, 2.75) is 128 Å². The van der Waals surface area contributed by atoms with Crippen LogP contribution in [-0.4, -0.2) is 55.5 Å². The zero-order valence-electron chi connectivity index (χ0n) is 29.6. The summed E-state index contributed by atoms with van der Waals surface area (Å²) in [4.78, 5) is 41.2. The Bertz CT molecular complexity index is 1520. The molecule has 1 aliphatic carbocycles. The Labute approximate surface area is 298 Å². The van der Waals surface area contributed by atoms with Crippen molar-refractivity contribution in [3.05, 3.63) is 70.8 Å². The van der Waals surface area contributed by atoms with Crippen LogP contribution in [-0.2, 0) is 43.2 Å². The summed E-state index contributed by atoms with van der Waals surface area (Å²) in [6.45, 7) is 3.20. The van der Waals surface area contributed by atoms with E-state index in [2.05, 4.69) is 22.3 Å². The minimum absolute atomic E-state index is 0.0178. The van der Waals surface area contributed by atoms with Crippen molar-refractivity contribution in [2.75, 3.05) is 6.54 Å². The number of amides is 3. The number of carbonyl (C=O) groups is 3. The molecule has 0 spiro atoms. The quantitative estimate of drug-likeness (QED) is 0.0779. The van der Waals surface area contributed by atoms with Gasteiger partial charge in [0, 0.05) is 31.6 Å². The van der Waals surface area contributed by atoms with Gasteiger partial charge in [0.05, 0.1) is 5.75 Å². The molecule has 4 rings (SSSR count). The fourth-order valence-corrected chi connectivity index (χ4v) is 8.32. The van der Waals surface area contributed by atoms with Gasteiger partial charge in [-0.05, 0) is 48.3 Å². The molecule has 2 atom stereocenters. The Balaban J connectivity index is 1.35. The molecule has 1 saturated heterocycles. The maximum absolute atomic E-state index is 14.1. The van der Waals surface area contributed by atoms with Gasteiger partial charge < -0.3 is 21.3 Å². The lowest BCUT2D eigenvalue weighted by Crippen LogP contribution is -2.54. The fourth-order valence-electron chi connectivity index (χ4n) is 6.98. The van der Waals surface area contributed by atoms with Crippen LogP contribution in [0.3, 0.4) is 0 Å². The Morgan fingerprint density at radius 3 is 2.12 bits per heavy atom. The Kier molecular flexibility index (Phi) is 15.3. The number of sulfonamides is 1. The third-order valence-corrected chi connectivity index (χ3v) is 11.2. The summed E-state index contributed by atoms with van der Waals surface area (Å²) in [5, 5.41) is 13.4. The highest BCUT2D eigenvalue weighted by Crippen LogP contribution is 2.29. The van der Waals surface area contributed by atoms with Crippen LogP contribution < -0.4 is 21.1 Å². The first kappa shape index (κ1) is 39.0. The topological polar surface area (TPSA) is 175 Å². The van der Waals surface area contributed by atoms with Crippen LogP contribution in [0.5, 0.6) is 0 Å². The number of benzene rings is 2. The van der Waals surface area contributed by atoms with Crippen molar-refractivity contribution < 1.29 is 22.8 Å². The molecular formula is C38H56N6O5S. The minimum atomic E-state index is -3.90. The third kappa shape index (κ3) is 12.5. The number of hydrogen-bond donors (Lipinski definition) is 5. The van der Waals surface area contributed by atoms with Gasteiger partial charge in [-0.1, -0.05) is 113 Å². The molecule has 1 heterocycles. The summed E-state index contributed by atoms with van der Waals surface area (Å²) < 4.78 is 29.8. The number of unbranched alkanes of at least 4 members (excludes halogenated alkanes) is 4. The second-order valence-corrected chi connectivity index (χ2v) is 15.7. The number of nitrogens with two attached hydrogens (primary N) is 1. The monoisotopic (exact) mass is 708 g/mol. The Morgan fingerprint density at radius 1 is 0.840 bits per heavy atom. The molecule has 0 unspecified atom stereocenters. The van der Waals surface area contributed by atoms with E-state index < -0.39 is 22.1 Å². The van der Waals surface area contributed by atoms with E-state index in [1.54, 1.807) is 41.3 Å². The second-order valence-electron chi connectivity index (χ2n) is 13.9. The van der Waals surface area contributed by atoms with Crippen LogP contribution in [0, 0.1) is 11.3 Å². The van der Waals surface area contributed by atoms with Crippen LogP contribution in [0.4, 0.5) is 0 Å². The van der Waals surface area contributed by atoms with Crippen molar-refractivity contribution in [3.8, 4) is 0 Å². The van der Waals surface area contributed by atoms with Crippen LogP contribution in [0.2, 0.25) is 0 Å². The van der Waals surface area contributed by atoms with Crippen molar-refractivity contribution in [1.29, 1.82) is 5.41 Å². The van der Waals surface area contributed by atoms with E-state index in [9.17, 15) is 22.8 Å². The lowest BCUT2D eigenvalue weighted by molar-refractivity contribution is -0.140. The molecule has 0 bridgehead atoms. The molecular weight excluding hydrogens is 653 g/mol. The van der Waals surface area contributed by atoms with Crippen LogP contribution in [0.15, 0.2) is 48.5 Å². The number of hydrogen-bond acceptors (Lipinski definition) is 6. The zero-order valence-corrected chi connectivity index (χ0v) is 30.4. The molecule has 2 aromatic rings. The summed E-state index contributed by atoms with van der Waals surface area (Å²) in [6.07, 6.45) is 12.7. The summed E-state index contributed by atoms with van der Waals surface area (Å²) in [5.41, 5.74) is 8.45. The minimum Gasteiger partial charge on any atom is -0.384 e. The SMILES string of the molecule is CCCCCCCC(=O)NCc1ccc(CS(=O)(=O)N[C@H](CC2CCCCC2)C(=O)N2CCC[C@H]2C(=O)NCc2ccc(C(=N)N)cc2)cc1. The first-order chi connectivity index (χ1) is 24.0. The van der Waals surface area contributed by atoms with Gasteiger partial charge in [0.25, 0.3) is 0 Å². The molecule has 2 aliphatic rings. The van der Waals surface area contributed by atoms with Gasteiger partial charge in [-0.3, -0.25) is 19.8 Å². The highest BCUT2D eigenvalue weighted by atomic mass is 32.2. The summed E-state index contributed by atoms with van der Waals surface area (Å²) >= 11 is 0. The lowest BCUT2D eigenvalue weighted by atomic mass is 9.84. The Morgan fingerprint density at radius 2 is 1.46 bits per heavy atom. The van der Waals surface area contributed by atoms with E-state index in [1.165, 1.54) is 12.8 Å². The standard InChI is InChI=1S/C38H56N6O5S/c1-2-3-4-5-9-14-35(45)41-25-29-15-17-31(18-16-29)27-50(48,49)43-33(24-28-11-7-6-8-12-28)38(47)44-23-10-13-34(44)37(46)42-26-30-19-21-32(22-20-30)36(39)40/h15-22,28,33-34,43H,2-14,23-27H2,1H3,(H3,39,40)(H,41,45)(H,42,46)/t33-,34+/m1/s1. The van der Waals surface area contributed by atoms with Gasteiger partial charge in [0.15, 0.2) is 0 Å². The maximum atomic E-state index is 14.1. The fraction of sp³-hybridized carbons (Fsp3) is 0.579. The van der Waals surface area contributed by atoms with Gasteiger partial charge in [0.1, 0.15) is 17.9 Å². The van der Waals surface area contributed by atoms with Crippen LogP contribution >= 0.6 is 0 Å². The van der Waals surface area contributed by atoms with E-state index in [0.717, 1.165) is 62.5 Å². The van der Waals surface area contributed by atoms with Gasteiger partial charge in [-0.2, -0.15) is 0 Å². The number of nitrogens with one attached hydrogen (secondary N) is 4. The van der Waals surface area contributed by atoms with Gasteiger partial charge in [-0.15, -0.1) is 0 Å². The van der Waals surface area contributed by atoms with Gasteiger partial charge >= 0.3 is 0 Å². The van der Waals surface area contributed by atoms with E-state index >= 15 is 0 Å². The first-order valence-electron chi connectivity index (χ1n) is 18.4. The van der Waals surface area contributed by atoms with Gasteiger partial charge in [0.2, 0.25) is 27.7 Å². The zero-order chi connectivity index (χ0) is 35.9. The maximum Gasteiger partial charge on any atom is 0.243 e. The smallest absolute Gasteiger partial charge is 0.243 e. The van der Waals surface area contributed by atoms with Crippen molar-refractivity contribution in [2.24, 2.45) is 11.7 Å². The largest absolute Gasteiger partial charge is 0.384 e. The average Bonchev–Trinajstić information content (AvgIpc) is 3.60. The number of carbonyl (C=O) groups excluding carboxylic acids is 3. The Hall–Kier alpha value is -3.77. The molecule has 1 aliphatic heterocycles. The molecule has 2 fully saturated rings. The summed E-state index contributed by atoms with van der Waals surface area (Å²) in [7, 11) is -3.90. The van der Waals surface area contributed by atoms with Crippen LogP contribution in [0.1, 0.15) is 119 Å². The molecule has 0 aromatic heterocycles. The number of likely N-dealkylation sites (tertiary alicyclic amines) is 1. The molecule has 0 radical (unpaired) electrons. The molecule has 274 valence electrons. The predicted octanol–water partition coefficient (Wildman–Crippen LogP) is 5.01. The summed E-state index contributed by atoms with van der Waals surface area (Å²) in [6, 6.07) is 12.6. The second kappa shape index (κ2) is 19.6. The lowest BCUT2D eigenvalue weighted by Gasteiger charge is -2.31. The molecule has 1 saturated carbocycles. The van der Waals surface area contributed by atoms with Gasteiger partial charge in [-0.25, -0.2) is 13.1 Å². The molecule has 11 nitrogen and oxygen atoms in total. The van der Waals surface area contributed by atoms with Crippen molar-refractivity contribution in [3.63, 3.8) is 0 Å². The molecule has 2 aromatic carbocycles. The summed E-state index contributed by atoms with van der Waals surface area (Å²) in [5.74, 6) is -0.674.